The lowest BCUT2D eigenvalue weighted by atomic mass is 10.1. The molecule has 0 amide bonds. The Morgan fingerprint density at radius 3 is 2.61 bits per heavy atom. The monoisotopic (exact) mass is 430 g/mol. The number of anilines is 1. The average molecular weight is 431 g/mol. The summed E-state index contributed by atoms with van der Waals surface area (Å²) in [6, 6.07) is 18.1. The maximum absolute atomic E-state index is 9.91. The van der Waals surface area contributed by atoms with Gasteiger partial charge in [0.05, 0.1) is 10.2 Å². The Bertz CT molecular complexity index is 1150. The molecule has 1 aliphatic heterocycles. The summed E-state index contributed by atoms with van der Waals surface area (Å²) in [7, 11) is 0. The van der Waals surface area contributed by atoms with Crippen LogP contribution in [-0.4, -0.2) is 46.2 Å². The molecule has 0 aliphatic carbocycles. The molecule has 0 radical (unpaired) electrons. The van der Waals surface area contributed by atoms with E-state index in [1.165, 1.54) is 36.2 Å². The van der Waals surface area contributed by atoms with Gasteiger partial charge in [0.2, 0.25) is 0 Å². The van der Waals surface area contributed by atoms with Crippen LogP contribution in [0.2, 0.25) is 0 Å². The summed E-state index contributed by atoms with van der Waals surface area (Å²) < 4.78 is 1.19. The normalized spacial score (nSPS) is 14.3. The Balaban J connectivity index is 1.43. The molecule has 0 spiro atoms. The van der Waals surface area contributed by atoms with Crippen molar-refractivity contribution in [2.24, 2.45) is 0 Å². The Labute approximate surface area is 186 Å². The van der Waals surface area contributed by atoms with Crippen molar-refractivity contribution in [1.82, 2.24) is 14.9 Å². The molecule has 1 fully saturated rings. The number of benzene rings is 2. The van der Waals surface area contributed by atoms with Crippen LogP contribution in [-0.2, 0) is 6.54 Å². The van der Waals surface area contributed by atoms with Crippen molar-refractivity contribution < 1.29 is 5.11 Å². The van der Waals surface area contributed by atoms with E-state index >= 15 is 0 Å². The molecule has 5 nitrogen and oxygen atoms in total. The number of phenols is 1. The van der Waals surface area contributed by atoms with Gasteiger partial charge in [-0.15, -0.1) is 0 Å². The Kier molecular flexibility index (Phi) is 5.82. The van der Waals surface area contributed by atoms with Crippen molar-refractivity contribution in [2.45, 2.75) is 19.4 Å². The second-order valence-corrected chi connectivity index (χ2v) is 9.06. The van der Waals surface area contributed by atoms with Crippen molar-refractivity contribution in [3.63, 3.8) is 0 Å². The summed E-state index contributed by atoms with van der Waals surface area (Å²) in [6.07, 6.45) is 6.25. The summed E-state index contributed by atoms with van der Waals surface area (Å²) in [5, 5.41) is 10.9. The molecule has 6 heteroatoms. The zero-order valence-corrected chi connectivity index (χ0v) is 18.3. The van der Waals surface area contributed by atoms with Gasteiger partial charge < -0.3 is 14.9 Å². The lowest BCUT2D eigenvalue weighted by Crippen LogP contribution is -2.33. The van der Waals surface area contributed by atoms with Crippen LogP contribution in [0.4, 0.5) is 5.13 Å². The molecular formula is C25H26N4OS. The van der Waals surface area contributed by atoms with E-state index in [4.69, 9.17) is 4.98 Å². The van der Waals surface area contributed by atoms with Crippen LogP contribution in [0.25, 0.3) is 21.3 Å². The minimum atomic E-state index is 0.309. The van der Waals surface area contributed by atoms with Gasteiger partial charge in [-0.25, -0.2) is 4.98 Å². The molecule has 0 unspecified atom stereocenters. The Morgan fingerprint density at radius 1 is 0.968 bits per heavy atom. The van der Waals surface area contributed by atoms with Crippen molar-refractivity contribution in [2.75, 3.05) is 31.1 Å². The number of aromatic hydroxyl groups is 1. The summed E-state index contributed by atoms with van der Waals surface area (Å²) in [5.41, 5.74) is 4.47. The maximum Gasteiger partial charge on any atom is 0.186 e. The SMILES string of the molecule is Oc1cccc(CN(CCN2CCCC2)c2nc3ccc(-c4ccncc4)cc3s2)c1. The van der Waals surface area contributed by atoms with Crippen LogP contribution >= 0.6 is 11.3 Å². The van der Waals surface area contributed by atoms with Crippen molar-refractivity contribution in [1.29, 1.82) is 0 Å². The van der Waals surface area contributed by atoms with Gasteiger partial charge in [-0.05, 0) is 79.0 Å². The zero-order valence-electron chi connectivity index (χ0n) is 17.4. The van der Waals surface area contributed by atoms with Gasteiger partial charge in [-0.1, -0.05) is 29.5 Å². The van der Waals surface area contributed by atoms with Crippen LogP contribution < -0.4 is 4.90 Å². The standard InChI is InChI=1S/C25H26N4OS/c30-22-5-3-4-19(16-22)18-29(15-14-28-12-1-2-13-28)25-27-23-7-6-21(17-24(23)31-25)20-8-10-26-11-9-20/h3-11,16-17,30H,1-2,12-15,18H2. The van der Waals surface area contributed by atoms with E-state index in [1.807, 2.05) is 36.7 Å². The van der Waals surface area contributed by atoms with Gasteiger partial charge >= 0.3 is 0 Å². The number of thiazole rings is 1. The predicted octanol–water partition coefficient (Wildman–Crippen LogP) is 5.17. The molecule has 31 heavy (non-hydrogen) atoms. The molecule has 158 valence electrons. The van der Waals surface area contributed by atoms with Gasteiger partial charge in [0.15, 0.2) is 5.13 Å². The molecule has 4 aromatic rings. The van der Waals surface area contributed by atoms with Gasteiger partial charge in [0.1, 0.15) is 5.75 Å². The van der Waals surface area contributed by atoms with E-state index in [1.54, 1.807) is 17.4 Å². The van der Waals surface area contributed by atoms with Crippen molar-refractivity contribution in [3.8, 4) is 16.9 Å². The van der Waals surface area contributed by atoms with E-state index in [0.29, 0.717) is 5.75 Å². The number of pyridine rings is 1. The largest absolute Gasteiger partial charge is 0.508 e. The summed E-state index contributed by atoms with van der Waals surface area (Å²) in [5.74, 6) is 0.309. The Morgan fingerprint density at radius 2 is 1.81 bits per heavy atom. The highest BCUT2D eigenvalue weighted by atomic mass is 32.1. The fraction of sp³-hybridized carbons (Fsp3) is 0.280. The first-order valence-electron chi connectivity index (χ1n) is 10.8. The van der Waals surface area contributed by atoms with E-state index in [0.717, 1.165) is 41.4 Å². The van der Waals surface area contributed by atoms with Crippen LogP contribution in [0.3, 0.4) is 0 Å². The van der Waals surface area contributed by atoms with E-state index in [-0.39, 0.29) is 0 Å². The zero-order chi connectivity index (χ0) is 21.0. The topological polar surface area (TPSA) is 52.5 Å². The number of nitrogens with zero attached hydrogens (tertiary/aromatic N) is 4. The third-order valence-corrected chi connectivity index (χ3v) is 6.91. The highest BCUT2D eigenvalue weighted by Gasteiger charge is 2.17. The highest BCUT2D eigenvalue weighted by Crippen LogP contribution is 2.33. The van der Waals surface area contributed by atoms with E-state index in [2.05, 4.69) is 39.0 Å². The number of aromatic nitrogens is 2. The number of phenolic OH excluding ortho intramolecular Hbond substituents is 1. The maximum atomic E-state index is 9.91. The van der Waals surface area contributed by atoms with Crippen LogP contribution in [0, 0.1) is 0 Å². The summed E-state index contributed by atoms with van der Waals surface area (Å²) in [6.45, 7) is 5.08. The van der Waals surface area contributed by atoms with E-state index < -0.39 is 0 Å². The van der Waals surface area contributed by atoms with Gasteiger partial charge in [-0.3, -0.25) is 4.98 Å². The first-order chi connectivity index (χ1) is 15.2. The second-order valence-electron chi connectivity index (χ2n) is 8.06. The fourth-order valence-corrected chi connectivity index (χ4v) is 5.19. The van der Waals surface area contributed by atoms with Crippen LogP contribution in [0.5, 0.6) is 5.75 Å². The number of likely N-dealkylation sites (tertiary alicyclic amines) is 1. The predicted molar refractivity (Wildman–Crippen MR) is 128 cm³/mol. The number of hydrogen-bond donors (Lipinski definition) is 1. The molecule has 0 bridgehead atoms. The molecule has 5 rings (SSSR count). The number of fused-ring (bicyclic) bond motifs is 1. The molecule has 1 saturated heterocycles. The minimum Gasteiger partial charge on any atom is -0.508 e. The molecule has 2 aromatic heterocycles. The molecule has 2 aromatic carbocycles. The average Bonchev–Trinajstić information content (AvgIpc) is 3.46. The summed E-state index contributed by atoms with van der Waals surface area (Å²) >= 11 is 1.74. The third-order valence-electron chi connectivity index (χ3n) is 5.83. The van der Waals surface area contributed by atoms with Crippen molar-refractivity contribution in [3.05, 3.63) is 72.6 Å². The van der Waals surface area contributed by atoms with Gasteiger partial charge in [0, 0.05) is 32.0 Å². The molecule has 3 heterocycles. The van der Waals surface area contributed by atoms with Crippen LogP contribution in [0.1, 0.15) is 18.4 Å². The fourth-order valence-electron chi connectivity index (χ4n) is 4.16. The third kappa shape index (κ3) is 4.70. The minimum absolute atomic E-state index is 0.309. The van der Waals surface area contributed by atoms with E-state index in [9.17, 15) is 5.11 Å². The molecular weight excluding hydrogens is 404 g/mol. The van der Waals surface area contributed by atoms with Crippen molar-refractivity contribution >= 4 is 26.7 Å². The smallest absolute Gasteiger partial charge is 0.186 e. The lowest BCUT2D eigenvalue weighted by Gasteiger charge is -2.25. The molecule has 0 saturated carbocycles. The highest BCUT2D eigenvalue weighted by molar-refractivity contribution is 7.22. The first kappa shape index (κ1) is 20.0. The van der Waals surface area contributed by atoms with Gasteiger partial charge in [-0.2, -0.15) is 0 Å². The van der Waals surface area contributed by atoms with Crippen LogP contribution in [0.15, 0.2) is 67.0 Å². The number of rotatable bonds is 7. The summed E-state index contributed by atoms with van der Waals surface area (Å²) in [4.78, 5) is 14.0. The molecule has 1 aliphatic rings. The molecule has 0 atom stereocenters. The Hall–Kier alpha value is -2.96. The first-order valence-corrected chi connectivity index (χ1v) is 11.6. The molecule has 1 N–H and O–H groups in total. The second kappa shape index (κ2) is 9.04. The lowest BCUT2D eigenvalue weighted by molar-refractivity contribution is 0.344. The number of hydrogen-bond acceptors (Lipinski definition) is 6. The van der Waals surface area contributed by atoms with Gasteiger partial charge in [0.25, 0.3) is 0 Å². The quantitative estimate of drug-likeness (QED) is 0.439.